The number of nitrogens with zero attached hydrogens (tertiary/aromatic N) is 2. The molecule has 0 spiro atoms. The van der Waals surface area contributed by atoms with Crippen molar-refractivity contribution < 1.29 is 14.6 Å². The van der Waals surface area contributed by atoms with Crippen LogP contribution < -0.4 is 15.2 Å². The molecule has 25 heavy (non-hydrogen) atoms. The molecule has 2 heterocycles. The summed E-state index contributed by atoms with van der Waals surface area (Å²) in [6.45, 7) is 5.81. The van der Waals surface area contributed by atoms with Gasteiger partial charge in [-0.25, -0.2) is 5.43 Å². The van der Waals surface area contributed by atoms with E-state index in [1.807, 2.05) is 29.9 Å². The van der Waals surface area contributed by atoms with E-state index < -0.39 is 0 Å². The van der Waals surface area contributed by atoms with Gasteiger partial charge in [0.2, 0.25) is 0 Å². The maximum absolute atomic E-state index is 12.0. The summed E-state index contributed by atoms with van der Waals surface area (Å²) in [6, 6.07) is 14.5. The van der Waals surface area contributed by atoms with Crippen LogP contribution in [-0.4, -0.2) is 49.4 Å². The maximum Gasteiger partial charge on any atom is 0.295 e. The molecule has 132 valence electrons. The molecule has 0 aliphatic carbocycles. The monoisotopic (exact) mass is 341 g/mol. The summed E-state index contributed by atoms with van der Waals surface area (Å²) in [5.41, 5.74) is 4.98. The Morgan fingerprint density at radius 1 is 1.12 bits per heavy atom. The highest BCUT2D eigenvalue weighted by Crippen LogP contribution is 1.95. The van der Waals surface area contributed by atoms with Gasteiger partial charge in [0, 0.05) is 18.8 Å². The van der Waals surface area contributed by atoms with E-state index in [0.29, 0.717) is 6.54 Å². The standard InChI is InChI=1S/C19H25N5O/c1-22-9-5-8-18(22)14-20-21-19(25)16-24-12-10-23(11-13-24)15-17-6-3-2-4-7-17/h2-9,14H,10-13,15-16H2,1H3,(H,21,25)/p+2/b20-14+. The van der Waals surface area contributed by atoms with Gasteiger partial charge in [-0.2, -0.15) is 5.10 Å². The lowest BCUT2D eigenvalue weighted by atomic mass is 10.2. The highest BCUT2D eigenvalue weighted by Gasteiger charge is 2.24. The maximum atomic E-state index is 12.0. The number of amides is 1. The number of hydrazone groups is 1. The first-order valence-electron chi connectivity index (χ1n) is 8.85. The minimum absolute atomic E-state index is 0.0213. The zero-order valence-electron chi connectivity index (χ0n) is 14.7. The molecule has 1 aromatic heterocycles. The molecule has 2 aromatic rings. The second-order valence-electron chi connectivity index (χ2n) is 6.68. The number of aromatic nitrogens is 1. The fourth-order valence-electron chi connectivity index (χ4n) is 3.24. The number of carbonyl (C=O) groups excluding carboxylic acids is 1. The summed E-state index contributed by atoms with van der Waals surface area (Å²) < 4.78 is 1.95. The van der Waals surface area contributed by atoms with Crippen molar-refractivity contribution in [3.05, 3.63) is 59.9 Å². The molecule has 3 rings (SSSR count). The molecule has 0 bridgehead atoms. The smallest absolute Gasteiger partial charge is 0.295 e. The Bertz CT molecular complexity index is 702. The fraction of sp³-hybridized carbons (Fsp3) is 0.368. The molecule has 6 heteroatoms. The van der Waals surface area contributed by atoms with Crippen molar-refractivity contribution >= 4 is 12.1 Å². The van der Waals surface area contributed by atoms with Crippen LogP contribution in [0.25, 0.3) is 0 Å². The number of aryl methyl sites for hydroxylation is 1. The van der Waals surface area contributed by atoms with Crippen LogP contribution in [0.2, 0.25) is 0 Å². The van der Waals surface area contributed by atoms with Crippen molar-refractivity contribution in [3.8, 4) is 0 Å². The Morgan fingerprint density at radius 3 is 2.52 bits per heavy atom. The topological polar surface area (TPSA) is 55.3 Å². The molecule has 1 aromatic carbocycles. The van der Waals surface area contributed by atoms with Gasteiger partial charge in [-0.15, -0.1) is 0 Å². The minimum atomic E-state index is -0.0213. The average Bonchev–Trinajstić information content (AvgIpc) is 3.03. The first-order valence-corrected chi connectivity index (χ1v) is 8.85. The molecule has 0 unspecified atom stereocenters. The summed E-state index contributed by atoms with van der Waals surface area (Å²) in [5, 5.41) is 4.05. The van der Waals surface area contributed by atoms with Crippen LogP contribution in [0.4, 0.5) is 0 Å². The van der Waals surface area contributed by atoms with Crippen LogP contribution >= 0.6 is 0 Å². The third kappa shape index (κ3) is 5.27. The van der Waals surface area contributed by atoms with Gasteiger partial charge in [0.15, 0.2) is 6.54 Å². The van der Waals surface area contributed by atoms with Gasteiger partial charge in [0.05, 0.1) is 11.9 Å². The van der Waals surface area contributed by atoms with Crippen molar-refractivity contribution in [1.29, 1.82) is 0 Å². The number of nitrogens with one attached hydrogen (secondary N) is 3. The number of carbonyl (C=O) groups is 1. The Morgan fingerprint density at radius 2 is 1.84 bits per heavy atom. The quantitative estimate of drug-likeness (QED) is 0.433. The summed E-state index contributed by atoms with van der Waals surface area (Å²) in [7, 11) is 1.95. The lowest BCUT2D eigenvalue weighted by Gasteiger charge is -2.29. The van der Waals surface area contributed by atoms with E-state index in [4.69, 9.17) is 0 Å². The molecular weight excluding hydrogens is 314 g/mol. The van der Waals surface area contributed by atoms with Crippen molar-refractivity contribution in [2.45, 2.75) is 6.54 Å². The molecule has 0 radical (unpaired) electrons. The van der Waals surface area contributed by atoms with Crippen molar-refractivity contribution in [2.24, 2.45) is 12.1 Å². The van der Waals surface area contributed by atoms with Gasteiger partial charge in [-0.3, -0.25) is 4.79 Å². The third-order valence-corrected chi connectivity index (χ3v) is 4.74. The number of piperazine rings is 1. The molecule has 0 atom stereocenters. The molecule has 1 aliphatic heterocycles. The number of hydrogen-bond acceptors (Lipinski definition) is 2. The van der Waals surface area contributed by atoms with Crippen molar-refractivity contribution in [2.75, 3.05) is 32.7 Å². The van der Waals surface area contributed by atoms with E-state index in [9.17, 15) is 4.79 Å². The second-order valence-corrected chi connectivity index (χ2v) is 6.68. The highest BCUT2D eigenvalue weighted by atomic mass is 16.2. The van der Waals surface area contributed by atoms with Gasteiger partial charge in [0.1, 0.15) is 32.7 Å². The lowest BCUT2D eigenvalue weighted by Crippen LogP contribution is -3.28. The molecule has 0 saturated carbocycles. The zero-order chi connectivity index (χ0) is 17.5. The fourth-order valence-corrected chi connectivity index (χ4v) is 3.24. The first kappa shape index (κ1) is 17.4. The number of quaternary nitrogens is 2. The zero-order valence-corrected chi connectivity index (χ0v) is 14.7. The number of hydrogen-bond donors (Lipinski definition) is 3. The van der Waals surface area contributed by atoms with Crippen LogP contribution in [0.3, 0.4) is 0 Å². The summed E-state index contributed by atoms with van der Waals surface area (Å²) in [4.78, 5) is 15.0. The van der Waals surface area contributed by atoms with Crippen LogP contribution in [0, 0.1) is 0 Å². The van der Waals surface area contributed by atoms with E-state index in [-0.39, 0.29) is 5.91 Å². The lowest BCUT2D eigenvalue weighted by molar-refractivity contribution is -1.02. The normalized spacial score (nSPS) is 20.7. The number of rotatable bonds is 6. The highest BCUT2D eigenvalue weighted by molar-refractivity contribution is 5.81. The summed E-state index contributed by atoms with van der Waals surface area (Å²) in [6.07, 6.45) is 3.62. The van der Waals surface area contributed by atoms with Crippen molar-refractivity contribution in [1.82, 2.24) is 9.99 Å². The van der Waals surface area contributed by atoms with Crippen LogP contribution in [0.15, 0.2) is 53.8 Å². The van der Waals surface area contributed by atoms with Gasteiger partial charge in [-0.1, -0.05) is 30.3 Å². The van der Waals surface area contributed by atoms with Crippen LogP contribution in [-0.2, 0) is 18.4 Å². The summed E-state index contributed by atoms with van der Waals surface area (Å²) >= 11 is 0. The second kappa shape index (κ2) is 8.60. The van der Waals surface area contributed by atoms with Crippen molar-refractivity contribution in [3.63, 3.8) is 0 Å². The van der Waals surface area contributed by atoms with E-state index in [1.54, 1.807) is 11.1 Å². The van der Waals surface area contributed by atoms with Gasteiger partial charge in [-0.05, 0) is 12.1 Å². The van der Waals surface area contributed by atoms with E-state index >= 15 is 0 Å². The Hall–Kier alpha value is -2.44. The number of benzene rings is 1. The average molecular weight is 341 g/mol. The van der Waals surface area contributed by atoms with Gasteiger partial charge >= 0.3 is 0 Å². The molecule has 1 fully saturated rings. The predicted octanol–water partition coefficient (Wildman–Crippen LogP) is -1.54. The molecule has 1 saturated heterocycles. The summed E-state index contributed by atoms with van der Waals surface area (Å²) in [5.74, 6) is -0.0213. The molecule has 6 nitrogen and oxygen atoms in total. The van der Waals surface area contributed by atoms with Crippen LogP contribution in [0.1, 0.15) is 11.3 Å². The van der Waals surface area contributed by atoms with Gasteiger partial charge < -0.3 is 14.4 Å². The molecule has 1 amide bonds. The van der Waals surface area contributed by atoms with Crippen LogP contribution in [0.5, 0.6) is 0 Å². The van der Waals surface area contributed by atoms with Gasteiger partial charge in [0.25, 0.3) is 5.91 Å². The largest absolute Gasteiger partial charge is 0.350 e. The predicted molar refractivity (Wildman–Crippen MR) is 97.6 cm³/mol. The van der Waals surface area contributed by atoms with E-state index in [2.05, 4.69) is 40.9 Å². The molecular formula is C19H27N5O+2. The Labute approximate surface area is 148 Å². The minimum Gasteiger partial charge on any atom is -0.350 e. The first-order chi connectivity index (χ1) is 12.2. The molecule has 1 aliphatic rings. The van der Waals surface area contributed by atoms with E-state index in [0.717, 1.165) is 38.4 Å². The SMILES string of the molecule is Cn1cccc1/C=N/NC(=O)C[NH+]1CC[NH+](Cc2ccccc2)CC1. The Balaban J connectivity index is 1.37. The third-order valence-electron chi connectivity index (χ3n) is 4.74. The molecule has 3 N–H and O–H groups in total. The van der Waals surface area contributed by atoms with E-state index in [1.165, 1.54) is 10.5 Å². The Kier molecular flexibility index (Phi) is 5.98.